The maximum atomic E-state index is 14.6. The van der Waals surface area contributed by atoms with Crippen LogP contribution in [0.25, 0.3) is 27.6 Å². The molecule has 1 fully saturated rings. The van der Waals surface area contributed by atoms with E-state index >= 15 is 0 Å². The number of halogens is 1. The van der Waals surface area contributed by atoms with E-state index in [9.17, 15) is 14.0 Å². The molecule has 1 aromatic carbocycles. The van der Waals surface area contributed by atoms with Gasteiger partial charge in [-0.3, -0.25) is 19.6 Å². The second kappa shape index (κ2) is 21.3. The van der Waals surface area contributed by atoms with Gasteiger partial charge in [0.15, 0.2) is 0 Å². The lowest BCUT2D eigenvalue weighted by molar-refractivity contribution is -0.228. The van der Waals surface area contributed by atoms with E-state index in [1.54, 1.807) is 17.4 Å². The zero-order valence-corrected chi connectivity index (χ0v) is 30.4. The van der Waals surface area contributed by atoms with Crippen LogP contribution < -0.4 is 11.1 Å². The number of benzene rings is 1. The fourth-order valence-corrected chi connectivity index (χ4v) is 6.68. The van der Waals surface area contributed by atoms with E-state index < -0.39 is 24.3 Å². The number of hydrogen-bond donors (Lipinski definition) is 6. The van der Waals surface area contributed by atoms with Crippen LogP contribution in [0.5, 0.6) is 0 Å². The molecule has 7 N–H and O–H groups in total. The summed E-state index contributed by atoms with van der Waals surface area (Å²) in [6.07, 6.45) is 16.3. The van der Waals surface area contributed by atoms with Crippen molar-refractivity contribution >= 4 is 39.8 Å². The van der Waals surface area contributed by atoms with Gasteiger partial charge in [0.05, 0.1) is 33.6 Å². The van der Waals surface area contributed by atoms with Gasteiger partial charge in [-0.05, 0) is 83.1 Å². The predicted octanol–water partition coefficient (Wildman–Crippen LogP) is 4.24. The number of nitrogens with zero attached hydrogens (tertiary/aromatic N) is 3. The average molecular weight is 725 g/mol. The van der Waals surface area contributed by atoms with Gasteiger partial charge in [-0.25, -0.2) is 9.37 Å². The van der Waals surface area contributed by atoms with Crippen molar-refractivity contribution in [2.75, 3.05) is 40.9 Å². The molecule has 276 valence electrons. The summed E-state index contributed by atoms with van der Waals surface area (Å²) in [5.74, 6) is -0.796. The summed E-state index contributed by atoms with van der Waals surface area (Å²) in [5, 5.41) is 36.2. The lowest BCUT2D eigenvalue weighted by atomic mass is 9.96. The number of aromatic nitrogens is 3. The second-order valence-corrected chi connectivity index (χ2v) is 13.0. The summed E-state index contributed by atoms with van der Waals surface area (Å²) in [7, 11) is 4.75. The first-order chi connectivity index (χ1) is 24.6. The average Bonchev–Trinajstić information content (AvgIpc) is 3.63. The number of amides is 1. The van der Waals surface area contributed by atoms with E-state index in [1.165, 1.54) is 6.08 Å². The Hall–Kier alpha value is -4.15. The lowest BCUT2D eigenvalue weighted by Crippen LogP contribution is -2.48. The molecule has 12 nitrogen and oxygen atoms in total. The van der Waals surface area contributed by atoms with Crippen LogP contribution in [0.3, 0.4) is 0 Å². The number of nitrogens with one attached hydrogen (secondary N) is 2. The van der Waals surface area contributed by atoms with Gasteiger partial charge in [-0.2, -0.15) is 5.10 Å². The first-order valence-corrected chi connectivity index (χ1v) is 17.5. The number of likely N-dealkylation sites (tertiary alicyclic amines) is 1. The molecule has 0 saturated carbocycles. The summed E-state index contributed by atoms with van der Waals surface area (Å²) in [6, 6.07) is 5.77. The molecule has 1 aliphatic heterocycles. The number of H-pyrrole nitrogens is 1. The van der Waals surface area contributed by atoms with Gasteiger partial charge in [-0.1, -0.05) is 36.8 Å². The first-order valence-electron chi connectivity index (χ1n) is 16.7. The molecule has 1 saturated heterocycles. The third-order valence-electron chi connectivity index (χ3n) is 8.09. The number of fused-ring (bicyclic) bond motifs is 2. The van der Waals surface area contributed by atoms with Crippen molar-refractivity contribution in [2.45, 2.75) is 58.0 Å². The molecule has 0 bridgehead atoms. The molecular formula is C37H49FN6O6S. The second-order valence-electron chi connectivity index (χ2n) is 11.8. The molecule has 1 amide bonds. The van der Waals surface area contributed by atoms with Gasteiger partial charge in [0, 0.05) is 48.0 Å². The molecule has 0 radical (unpaired) electrons. The molecule has 51 heavy (non-hydrogen) atoms. The van der Waals surface area contributed by atoms with E-state index in [2.05, 4.69) is 26.6 Å². The minimum absolute atomic E-state index is 0.108. The van der Waals surface area contributed by atoms with Crippen LogP contribution in [0.15, 0.2) is 71.1 Å². The molecule has 0 spiro atoms. The number of aryl methyl sites for hydroxylation is 1. The number of aldehydes is 1. The number of ether oxygens (including phenoxy) is 1. The summed E-state index contributed by atoms with van der Waals surface area (Å²) < 4.78 is 20.6. The molecule has 2 aliphatic carbocycles. The van der Waals surface area contributed by atoms with Gasteiger partial charge in [-0.15, -0.1) is 11.3 Å². The Morgan fingerprint density at radius 1 is 1.22 bits per heavy atom. The SMILES string of the molecule is CNC.CO.Cc1nc2ccc(-c3n[nH]c4c3C=C(C=O)C=CC4)cc2s1.NC(=O)C1CCCCN1CC1=C(F)/C=C\CC/C=C\1COC(O)O. The van der Waals surface area contributed by atoms with E-state index in [0.29, 0.717) is 42.5 Å². The topological polar surface area (TPSA) is 187 Å². The highest BCUT2D eigenvalue weighted by Crippen LogP contribution is 2.32. The van der Waals surface area contributed by atoms with Crippen LogP contribution in [0.2, 0.25) is 0 Å². The molecule has 2 aromatic heterocycles. The first kappa shape index (κ1) is 41.3. The normalized spacial score (nSPS) is 20.4. The highest BCUT2D eigenvalue weighted by atomic mass is 32.1. The van der Waals surface area contributed by atoms with Gasteiger partial charge in [0.25, 0.3) is 6.48 Å². The Bertz CT molecular complexity index is 1760. The molecule has 3 aromatic rings. The van der Waals surface area contributed by atoms with Crippen LogP contribution in [0.1, 0.15) is 48.4 Å². The number of hydrogen-bond acceptors (Lipinski definition) is 11. The van der Waals surface area contributed by atoms with Gasteiger partial charge < -0.3 is 31.1 Å². The fourth-order valence-electron chi connectivity index (χ4n) is 5.82. The number of piperidine rings is 1. The number of aliphatic hydroxyl groups is 3. The third-order valence-corrected chi connectivity index (χ3v) is 9.02. The number of aliphatic hydroxyl groups excluding tert-OH is 2. The maximum absolute atomic E-state index is 14.6. The van der Waals surface area contributed by atoms with Crippen LogP contribution >= 0.6 is 11.3 Å². The van der Waals surface area contributed by atoms with Crippen molar-refractivity contribution in [3.05, 3.63) is 87.4 Å². The van der Waals surface area contributed by atoms with Gasteiger partial charge in [0.2, 0.25) is 5.91 Å². The zero-order valence-electron chi connectivity index (χ0n) is 29.6. The number of primary amides is 1. The highest BCUT2D eigenvalue weighted by Gasteiger charge is 2.29. The van der Waals surface area contributed by atoms with Crippen LogP contribution in [-0.2, 0) is 20.7 Å². The number of carbonyl (C=O) groups excluding carboxylic acids is 2. The largest absolute Gasteiger partial charge is 0.400 e. The number of carbonyl (C=O) groups is 2. The van der Waals surface area contributed by atoms with Crippen LogP contribution in [0, 0.1) is 6.92 Å². The van der Waals surface area contributed by atoms with Crippen molar-refractivity contribution in [3.63, 3.8) is 0 Å². The van der Waals surface area contributed by atoms with Crippen molar-refractivity contribution in [1.29, 1.82) is 0 Å². The quantitative estimate of drug-likeness (QED) is 0.145. The number of nitrogens with two attached hydrogens (primary N) is 1. The van der Waals surface area contributed by atoms with Crippen molar-refractivity contribution in [2.24, 2.45) is 5.73 Å². The monoisotopic (exact) mass is 724 g/mol. The number of aromatic amines is 1. The predicted molar refractivity (Wildman–Crippen MR) is 199 cm³/mol. The number of allylic oxidation sites excluding steroid dienone is 7. The summed E-state index contributed by atoms with van der Waals surface area (Å²) >= 11 is 1.68. The van der Waals surface area contributed by atoms with Crippen LogP contribution in [-0.4, -0.2) is 101 Å². The molecule has 3 aliphatic rings. The molecule has 1 unspecified atom stereocenters. The standard InChI is InChI=1S/C17H25FN2O4.C17H13N3OS.C2H7N.CH4O/c18-14-7-3-1-2-6-12(11-24-17(22)23)13(14)10-20-9-5-4-8-15(20)16(19)21;1-10-18-15-6-5-12(8-16(15)22-10)17-13-7-11(9-21)3-2-4-14(13)19-20-17;1-3-2;1-2/h3,6-7,15,17,22-23H,1-2,4-5,8-11H2,(H2,19,21);2-3,5-9H,4H2,1H3,(H,19,20);3H,1-2H3;2H,1H3/b7-3-,12-6-,14-13+;;;. The zero-order chi connectivity index (χ0) is 37.3. The third kappa shape index (κ3) is 12.0. The molecule has 14 heteroatoms. The smallest absolute Gasteiger partial charge is 0.266 e. The number of thiazole rings is 1. The van der Waals surface area contributed by atoms with Gasteiger partial charge in [0.1, 0.15) is 12.1 Å². The Morgan fingerprint density at radius 3 is 2.69 bits per heavy atom. The Balaban J connectivity index is 0.000000245. The van der Waals surface area contributed by atoms with Gasteiger partial charge >= 0.3 is 0 Å². The van der Waals surface area contributed by atoms with Crippen molar-refractivity contribution in [1.82, 2.24) is 25.4 Å². The van der Waals surface area contributed by atoms with E-state index in [4.69, 9.17) is 25.8 Å². The van der Waals surface area contributed by atoms with Crippen molar-refractivity contribution < 1.29 is 34.0 Å². The van der Waals surface area contributed by atoms with E-state index in [-0.39, 0.29) is 13.2 Å². The summed E-state index contributed by atoms with van der Waals surface area (Å²) in [5.41, 5.74) is 12.1. The molecular weight excluding hydrogens is 676 g/mol. The molecule has 1 atom stereocenters. The Labute approximate surface area is 301 Å². The Morgan fingerprint density at radius 2 is 1.98 bits per heavy atom. The van der Waals surface area contributed by atoms with E-state index in [0.717, 1.165) is 70.4 Å². The van der Waals surface area contributed by atoms with Crippen molar-refractivity contribution in [3.8, 4) is 11.3 Å². The summed E-state index contributed by atoms with van der Waals surface area (Å²) in [4.78, 5) is 29.1. The fraction of sp³-hybridized carbons (Fsp3) is 0.405. The van der Waals surface area contributed by atoms with Crippen LogP contribution in [0.4, 0.5) is 4.39 Å². The maximum Gasteiger partial charge on any atom is 0.266 e. The minimum atomic E-state index is -1.91. The molecule has 6 rings (SSSR count). The Kier molecular flexibility index (Phi) is 17.2. The summed E-state index contributed by atoms with van der Waals surface area (Å²) in [6.45, 7) is 0.897. The number of rotatable bonds is 8. The highest BCUT2D eigenvalue weighted by molar-refractivity contribution is 7.18. The molecule has 3 heterocycles. The van der Waals surface area contributed by atoms with E-state index in [1.807, 2.05) is 62.4 Å². The lowest BCUT2D eigenvalue weighted by Gasteiger charge is -2.34. The minimum Gasteiger partial charge on any atom is -0.400 e.